The van der Waals surface area contributed by atoms with Crippen molar-refractivity contribution in [3.05, 3.63) is 65.5 Å². The minimum absolute atomic E-state index is 0.0711. The number of hydrogen-bond acceptors (Lipinski definition) is 4. The van der Waals surface area contributed by atoms with Crippen LogP contribution in [0.15, 0.2) is 59.4 Å². The summed E-state index contributed by atoms with van der Waals surface area (Å²) >= 11 is 0. The molecule has 0 unspecified atom stereocenters. The SMILES string of the molecule is O=C(N1C[C@@H]2C[C@H]1CN2c1ccc(/C=C2\CCCN=C2c2cccnc2)cc1)C(F)(F)F. The summed E-state index contributed by atoms with van der Waals surface area (Å²) in [5, 5.41) is 0. The summed E-state index contributed by atoms with van der Waals surface area (Å²) in [6, 6.07) is 11.6. The Balaban J connectivity index is 1.30. The van der Waals surface area contributed by atoms with Crippen molar-refractivity contribution < 1.29 is 18.0 Å². The third-order valence-corrected chi connectivity index (χ3v) is 6.42. The number of carbonyl (C=O) groups excluding carboxylic acids is 1. The second-order valence-corrected chi connectivity index (χ2v) is 8.49. The van der Waals surface area contributed by atoms with E-state index in [4.69, 9.17) is 4.99 Å². The first-order valence-corrected chi connectivity index (χ1v) is 10.8. The lowest BCUT2D eigenvalue weighted by Crippen LogP contribution is -2.52. The van der Waals surface area contributed by atoms with E-state index in [1.807, 2.05) is 42.6 Å². The molecule has 2 aromatic rings. The number of piperazine rings is 1. The number of aromatic nitrogens is 1. The highest BCUT2D eigenvalue weighted by molar-refractivity contribution is 6.15. The summed E-state index contributed by atoms with van der Waals surface area (Å²) in [4.78, 5) is 23.6. The van der Waals surface area contributed by atoms with Crippen LogP contribution in [-0.4, -0.2) is 59.4 Å². The lowest BCUT2D eigenvalue weighted by molar-refractivity contribution is -0.186. The molecule has 2 bridgehead atoms. The Bertz CT molecular complexity index is 1060. The van der Waals surface area contributed by atoms with Crippen molar-refractivity contribution in [2.75, 3.05) is 24.5 Å². The van der Waals surface area contributed by atoms with E-state index in [0.717, 1.165) is 46.8 Å². The number of alkyl halides is 3. The molecule has 2 atom stereocenters. The smallest absolute Gasteiger partial charge is 0.365 e. The molecule has 166 valence electrons. The van der Waals surface area contributed by atoms with Crippen LogP contribution in [0, 0.1) is 0 Å². The van der Waals surface area contributed by atoms with Crippen molar-refractivity contribution in [1.82, 2.24) is 9.88 Å². The molecule has 0 spiro atoms. The number of halogens is 3. The zero-order chi connectivity index (χ0) is 22.3. The number of pyridine rings is 1. The quantitative estimate of drug-likeness (QED) is 0.722. The number of fused-ring (bicyclic) bond motifs is 2. The van der Waals surface area contributed by atoms with Crippen LogP contribution in [0.5, 0.6) is 0 Å². The van der Waals surface area contributed by atoms with Gasteiger partial charge in [0.1, 0.15) is 0 Å². The molecule has 8 heteroatoms. The maximum Gasteiger partial charge on any atom is 0.471 e. The Morgan fingerprint density at radius 1 is 1.09 bits per heavy atom. The molecule has 0 aliphatic carbocycles. The molecule has 0 radical (unpaired) electrons. The first-order valence-electron chi connectivity index (χ1n) is 10.8. The Morgan fingerprint density at radius 2 is 1.91 bits per heavy atom. The zero-order valence-electron chi connectivity index (χ0n) is 17.4. The standard InChI is InChI=1S/C24H23F3N4O/c25-24(26,27)23(32)31-15-20-12-21(31)14-30(20)19-7-5-16(6-8-19)11-17-3-2-10-29-22(17)18-4-1-9-28-13-18/h1,4-9,11,13,20-21H,2-3,10,12,14-15H2/b17-11+/t20-,21-/m0/s1. The van der Waals surface area contributed by atoms with Crippen molar-refractivity contribution in [2.24, 2.45) is 4.99 Å². The van der Waals surface area contributed by atoms with Crippen molar-refractivity contribution in [1.29, 1.82) is 0 Å². The van der Waals surface area contributed by atoms with Gasteiger partial charge in [-0.25, -0.2) is 0 Å². The molecule has 32 heavy (non-hydrogen) atoms. The topological polar surface area (TPSA) is 48.8 Å². The van der Waals surface area contributed by atoms with Crippen molar-refractivity contribution in [3.63, 3.8) is 0 Å². The number of hydrogen-bond donors (Lipinski definition) is 0. The molecule has 1 aromatic carbocycles. The van der Waals surface area contributed by atoms with Crippen LogP contribution in [0.25, 0.3) is 6.08 Å². The van der Waals surface area contributed by atoms with E-state index in [-0.39, 0.29) is 18.6 Å². The van der Waals surface area contributed by atoms with Crippen molar-refractivity contribution >= 4 is 23.4 Å². The van der Waals surface area contributed by atoms with Gasteiger partial charge in [0.2, 0.25) is 0 Å². The van der Waals surface area contributed by atoms with Crippen molar-refractivity contribution in [3.8, 4) is 0 Å². The van der Waals surface area contributed by atoms with Gasteiger partial charge in [-0.05, 0) is 60.7 Å². The van der Waals surface area contributed by atoms with Gasteiger partial charge >= 0.3 is 12.1 Å². The molecule has 5 rings (SSSR count). The normalized spacial score (nSPS) is 24.2. The minimum atomic E-state index is -4.80. The first kappa shape index (κ1) is 20.7. The fourth-order valence-electron chi connectivity index (χ4n) is 4.96. The number of rotatable bonds is 3. The number of nitrogens with zero attached hydrogens (tertiary/aromatic N) is 4. The van der Waals surface area contributed by atoms with Gasteiger partial charge in [0.25, 0.3) is 0 Å². The largest absolute Gasteiger partial charge is 0.471 e. The fraction of sp³-hybridized carbons (Fsp3) is 0.375. The van der Waals surface area contributed by atoms with Crippen LogP contribution in [0.4, 0.5) is 18.9 Å². The molecule has 5 nitrogen and oxygen atoms in total. The summed E-state index contributed by atoms with van der Waals surface area (Å²) in [7, 11) is 0. The highest BCUT2D eigenvalue weighted by Crippen LogP contribution is 2.37. The third-order valence-electron chi connectivity index (χ3n) is 6.42. The molecule has 2 saturated heterocycles. The Hall–Kier alpha value is -3.16. The van der Waals surface area contributed by atoms with Crippen LogP contribution in [0.1, 0.15) is 30.4 Å². The molecule has 2 fully saturated rings. The molecule has 3 aliphatic rings. The summed E-state index contributed by atoms with van der Waals surface area (Å²) in [5.41, 5.74) is 5.21. The first-order chi connectivity index (χ1) is 15.4. The average molecular weight is 440 g/mol. The van der Waals surface area contributed by atoms with Crippen molar-refractivity contribution in [2.45, 2.75) is 37.5 Å². The number of amides is 1. The molecule has 1 amide bonds. The maximum atomic E-state index is 12.8. The van der Waals surface area contributed by atoms with Crippen LogP contribution >= 0.6 is 0 Å². The molecule has 1 aromatic heterocycles. The number of allylic oxidation sites excluding steroid dienone is 1. The van der Waals surface area contributed by atoms with Gasteiger partial charge < -0.3 is 9.80 Å². The molecule has 0 saturated carbocycles. The van der Waals surface area contributed by atoms with E-state index in [1.165, 1.54) is 5.57 Å². The van der Waals surface area contributed by atoms with Crippen LogP contribution < -0.4 is 4.90 Å². The minimum Gasteiger partial charge on any atom is -0.365 e. The summed E-state index contributed by atoms with van der Waals surface area (Å²) < 4.78 is 38.4. The van der Waals surface area contributed by atoms with E-state index in [2.05, 4.69) is 16.0 Å². The van der Waals surface area contributed by atoms with Gasteiger partial charge in [0.15, 0.2) is 0 Å². The van der Waals surface area contributed by atoms with Crippen LogP contribution in [-0.2, 0) is 4.79 Å². The number of likely N-dealkylation sites (tertiary alicyclic amines) is 1. The Kier molecular flexibility index (Phi) is 5.23. The second kappa shape index (κ2) is 8.07. The fourth-order valence-corrected chi connectivity index (χ4v) is 4.96. The van der Waals surface area contributed by atoms with Gasteiger partial charge in [-0.2, -0.15) is 13.2 Å². The second-order valence-electron chi connectivity index (χ2n) is 8.49. The molecular weight excluding hydrogens is 417 g/mol. The van der Waals surface area contributed by atoms with Gasteiger partial charge in [0.05, 0.1) is 11.8 Å². The average Bonchev–Trinajstić information content (AvgIpc) is 3.41. The third kappa shape index (κ3) is 3.89. The van der Waals surface area contributed by atoms with Gasteiger partial charge in [0, 0.05) is 49.3 Å². The summed E-state index contributed by atoms with van der Waals surface area (Å²) in [6.07, 6.45) is 3.47. The summed E-state index contributed by atoms with van der Waals surface area (Å²) in [5.74, 6) is -1.72. The Morgan fingerprint density at radius 3 is 2.56 bits per heavy atom. The molecule has 0 N–H and O–H groups in total. The van der Waals surface area contributed by atoms with Crippen LogP contribution in [0.3, 0.4) is 0 Å². The summed E-state index contributed by atoms with van der Waals surface area (Å²) in [6.45, 7) is 1.37. The monoisotopic (exact) mass is 440 g/mol. The van der Waals surface area contributed by atoms with E-state index in [9.17, 15) is 18.0 Å². The number of benzene rings is 1. The maximum absolute atomic E-state index is 12.8. The van der Waals surface area contributed by atoms with E-state index >= 15 is 0 Å². The van der Waals surface area contributed by atoms with E-state index in [1.54, 1.807) is 6.20 Å². The molecule has 4 heterocycles. The number of carbonyl (C=O) groups is 1. The number of anilines is 1. The van der Waals surface area contributed by atoms with E-state index in [0.29, 0.717) is 13.0 Å². The van der Waals surface area contributed by atoms with Gasteiger partial charge in [-0.1, -0.05) is 12.1 Å². The predicted molar refractivity (Wildman–Crippen MR) is 117 cm³/mol. The number of aliphatic imine (C=N–C) groups is 1. The highest BCUT2D eigenvalue weighted by Gasteiger charge is 2.52. The predicted octanol–water partition coefficient (Wildman–Crippen LogP) is 4.10. The van der Waals surface area contributed by atoms with Crippen LogP contribution in [0.2, 0.25) is 0 Å². The van der Waals surface area contributed by atoms with Gasteiger partial charge in [-0.15, -0.1) is 0 Å². The van der Waals surface area contributed by atoms with Gasteiger partial charge in [-0.3, -0.25) is 14.8 Å². The molecule has 3 aliphatic heterocycles. The lowest BCUT2D eigenvalue weighted by atomic mass is 9.95. The highest BCUT2D eigenvalue weighted by atomic mass is 19.4. The lowest BCUT2D eigenvalue weighted by Gasteiger charge is -2.35. The van der Waals surface area contributed by atoms with E-state index < -0.39 is 12.1 Å². The molecular formula is C24H23F3N4O. The Labute approximate surface area is 184 Å². The zero-order valence-corrected chi connectivity index (χ0v) is 17.4.